The predicted octanol–water partition coefficient (Wildman–Crippen LogP) is 3.24. The van der Waals surface area contributed by atoms with Crippen molar-refractivity contribution in [2.24, 2.45) is 0 Å². The van der Waals surface area contributed by atoms with E-state index in [1.54, 1.807) is 0 Å². The molecule has 0 saturated heterocycles. The van der Waals surface area contributed by atoms with Gasteiger partial charge in [-0.05, 0) is 44.2 Å². The molecule has 1 atom stereocenters. The standard InChI is InChI=1S/C14H21N/c1-11-4-3-5-13(10-11)12(2)8-9-15-14-6-7-14/h3-5,10,12,14-15H,6-9H2,1-2H3. The van der Waals surface area contributed by atoms with Crippen LogP contribution >= 0.6 is 0 Å². The summed E-state index contributed by atoms with van der Waals surface area (Å²) in [5.74, 6) is 0.677. The van der Waals surface area contributed by atoms with Crippen LogP contribution in [0.2, 0.25) is 0 Å². The van der Waals surface area contributed by atoms with Crippen molar-refractivity contribution in [1.82, 2.24) is 5.32 Å². The Kier molecular flexibility index (Phi) is 3.42. The van der Waals surface area contributed by atoms with Gasteiger partial charge in [-0.25, -0.2) is 0 Å². The molecule has 1 aliphatic rings. The molecule has 0 bridgehead atoms. The van der Waals surface area contributed by atoms with Crippen LogP contribution in [-0.2, 0) is 0 Å². The highest BCUT2D eigenvalue weighted by Gasteiger charge is 2.20. The Morgan fingerprint density at radius 2 is 2.20 bits per heavy atom. The van der Waals surface area contributed by atoms with Crippen molar-refractivity contribution < 1.29 is 0 Å². The molecule has 0 aliphatic heterocycles. The maximum Gasteiger partial charge on any atom is 0.00682 e. The number of nitrogens with one attached hydrogen (secondary N) is 1. The summed E-state index contributed by atoms with van der Waals surface area (Å²) in [6.45, 7) is 5.65. The van der Waals surface area contributed by atoms with Gasteiger partial charge in [-0.2, -0.15) is 0 Å². The summed E-state index contributed by atoms with van der Waals surface area (Å²) in [5, 5.41) is 3.57. The summed E-state index contributed by atoms with van der Waals surface area (Å²) in [5.41, 5.74) is 2.85. The molecule has 2 rings (SSSR count). The van der Waals surface area contributed by atoms with Crippen LogP contribution in [0.1, 0.15) is 43.2 Å². The van der Waals surface area contributed by atoms with Crippen molar-refractivity contribution in [3.8, 4) is 0 Å². The van der Waals surface area contributed by atoms with Gasteiger partial charge in [0, 0.05) is 6.04 Å². The lowest BCUT2D eigenvalue weighted by atomic mass is 9.96. The van der Waals surface area contributed by atoms with Crippen LogP contribution in [0.5, 0.6) is 0 Å². The molecule has 1 saturated carbocycles. The van der Waals surface area contributed by atoms with Crippen LogP contribution in [0.3, 0.4) is 0 Å². The minimum atomic E-state index is 0.677. The molecule has 1 heteroatoms. The number of benzene rings is 1. The molecular formula is C14H21N. The average Bonchev–Trinajstić information content (AvgIpc) is 3.01. The summed E-state index contributed by atoms with van der Waals surface area (Å²) in [6, 6.07) is 9.72. The van der Waals surface area contributed by atoms with Crippen LogP contribution in [0, 0.1) is 6.92 Å². The second-order valence-corrected chi connectivity index (χ2v) is 4.83. The van der Waals surface area contributed by atoms with E-state index in [1.165, 1.54) is 36.9 Å². The normalized spacial score (nSPS) is 17.7. The van der Waals surface area contributed by atoms with Crippen LogP contribution in [-0.4, -0.2) is 12.6 Å². The fourth-order valence-corrected chi connectivity index (χ4v) is 1.93. The molecule has 0 radical (unpaired) electrons. The Morgan fingerprint density at radius 3 is 2.87 bits per heavy atom. The predicted molar refractivity (Wildman–Crippen MR) is 65.2 cm³/mol. The van der Waals surface area contributed by atoms with Crippen molar-refractivity contribution in [2.45, 2.75) is 45.1 Å². The maximum absolute atomic E-state index is 3.57. The summed E-state index contributed by atoms with van der Waals surface area (Å²) >= 11 is 0. The first kappa shape index (κ1) is 10.7. The van der Waals surface area contributed by atoms with E-state index in [0.29, 0.717) is 5.92 Å². The second-order valence-electron chi connectivity index (χ2n) is 4.83. The van der Waals surface area contributed by atoms with Gasteiger partial charge in [-0.1, -0.05) is 36.8 Å². The number of hydrogen-bond acceptors (Lipinski definition) is 1. The Bertz CT molecular complexity index is 315. The molecule has 1 N–H and O–H groups in total. The largest absolute Gasteiger partial charge is 0.314 e. The third-order valence-corrected chi connectivity index (χ3v) is 3.20. The lowest BCUT2D eigenvalue weighted by Gasteiger charge is -2.12. The third-order valence-electron chi connectivity index (χ3n) is 3.20. The zero-order valence-corrected chi connectivity index (χ0v) is 9.79. The Labute approximate surface area is 92.9 Å². The molecule has 1 nitrogen and oxygen atoms in total. The summed E-state index contributed by atoms with van der Waals surface area (Å²) in [7, 11) is 0. The summed E-state index contributed by atoms with van der Waals surface area (Å²) in [6.07, 6.45) is 4.03. The van der Waals surface area contributed by atoms with Crippen molar-refractivity contribution in [3.05, 3.63) is 35.4 Å². The third kappa shape index (κ3) is 3.35. The Morgan fingerprint density at radius 1 is 1.40 bits per heavy atom. The highest BCUT2D eigenvalue weighted by atomic mass is 14.9. The first-order chi connectivity index (χ1) is 7.25. The van der Waals surface area contributed by atoms with E-state index in [0.717, 1.165) is 6.04 Å². The van der Waals surface area contributed by atoms with Gasteiger partial charge in [0.05, 0.1) is 0 Å². The molecule has 1 aromatic carbocycles. The molecule has 0 aromatic heterocycles. The zero-order valence-electron chi connectivity index (χ0n) is 9.79. The number of aryl methyl sites for hydroxylation is 1. The molecule has 0 heterocycles. The zero-order chi connectivity index (χ0) is 10.7. The van der Waals surface area contributed by atoms with Crippen molar-refractivity contribution in [2.75, 3.05) is 6.54 Å². The Balaban J connectivity index is 1.80. The van der Waals surface area contributed by atoms with Gasteiger partial charge >= 0.3 is 0 Å². The van der Waals surface area contributed by atoms with E-state index in [-0.39, 0.29) is 0 Å². The molecule has 1 aromatic rings. The summed E-state index contributed by atoms with van der Waals surface area (Å²) in [4.78, 5) is 0. The van der Waals surface area contributed by atoms with E-state index in [2.05, 4.69) is 43.4 Å². The van der Waals surface area contributed by atoms with Crippen molar-refractivity contribution in [1.29, 1.82) is 0 Å². The number of hydrogen-bond donors (Lipinski definition) is 1. The number of rotatable bonds is 5. The molecule has 0 amide bonds. The van der Waals surface area contributed by atoms with Gasteiger partial charge in [-0.3, -0.25) is 0 Å². The van der Waals surface area contributed by atoms with Gasteiger partial charge in [0.1, 0.15) is 0 Å². The van der Waals surface area contributed by atoms with E-state index in [4.69, 9.17) is 0 Å². The van der Waals surface area contributed by atoms with Gasteiger partial charge in [0.15, 0.2) is 0 Å². The highest BCUT2D eigenvalue weighted by Crippen LogP contribution is 2.21. The molecule has 15 heavy (non-hydrogen) atoms. The second kappa shape index (κ2) is 4.80. The smallest absolute Gasteiger partial charge is 0.00682 e. The fraction of sp³-hybridized carbons (Fsp3) is 0.571. The molecule has 0 spiro atoms. The van der Waals surface area contributed by atoms with Crippen LogP contribution in [0.15, 0.2) is 24.3 Å². The molecule has 1 unspecified atom stereocenters. The Hall–Kier alpha value is -0.820. The van der Waals surface area contributed by atoms with Crippen LogP contribution in [0.25, 0.3) is 0 Å². The quantitative estimate of drug-likeness (QED) is 0.774. The fourth-order valence-electron chi connectivity index (χ4n) is 1.93. The molecular weight excluding hydrogens is 182 g/mol. The van der Waals surface area contributed by atoms with E-state index in [1.807, 2.05) is 0 Å². The lowest BCUT2D eigenvalue weighted by molar-refractivity contribution is 0.592. The van der Waals surface area contributed by atoms with Crippen molar-refractivity contribution >= 4 is 0 Å². The topological polar surface area (TPSA) is 12.0 Å². The van der Waals surface area contributed by atoms with Gasteiger partial charge < -0.3 is 5.32 Å². The lowest BCUT2D eigenvalue weighted by Crippen LogP contribution is -2.18. The highest BCUT2D eigenvalue weighted by molar-refractivity contribution is 5.24. The van der Waals surface area contributed by atoms with Crippen LogP contribution < -0.4 is 5.32 Å². The first-order valence-electron chi connectivity index (χ1n) is 6.05. The van der Waals surface area contributed by atoms with Gasteiger partial charge in [0.2, 0.25) is 0 Å². The van der Waals surface area contributed by atoms with Gasteiger partial charge in [0.25, 0.3) is 0 Å². The monoisotopic (exact) mass is 203 g/mol. The van der Waals surface area contributed by atoms with Crippen LogP contribution in [0.4, 0.5) is 0 Å². The van der Waals surface area contributed by atoms with Gasteiger partial charge in [-0.15, -0.1) is 0 Å². The molecule has 1 fully saturated rings. The minimum absolute atomic E-state index is 0.677. The van der Waals surface area contributed by atoms with E-state index in [9.17, 15) is 0 Å². The first-order valence-corrected chi connectivity index (χ1v) is 6.05. The minimum Gasteiger partial charge on any atom is -0.314 e. The summed E-state index contributed by atoms with van der Waals surface area (Å²) < 4.78 is 0. The maximum atomic E-state index is 3.57. The molecule has 82 valence electrons. The SMILES string of the molecule is Cc1cccc(C(C)CCNC2CC2)c1. The van der Waals surface area contributed by atoms with E-state index >= 15 is 0 Å². The van der Waals surface area contributed by atoms with E-state index < -0.39 is 0 Å². The molecule has 1 aliphatic carbocycles. The average molecular weight is 203 g/mol. The van der Waals surface area contributed by atoms with Crippen molar-refractivity contribution in [3.63, 3.8) is 0 Å².